The second-order valence-corrected chi connectivity index (χ2v) is 8.91. The lowest BCUT2D eigenvalue weighted by Crippen LogP contribution is -2.30. The Bertz CT molecular complexity index is 995. The average molecular weight is 491 g/mol. The lowest BCUT2D eigenvalue weighted by molar-refractivity contribution is -0.152. The molecule has 1 saturated heterocycles. The molecule has 0 spiro atoms. The monoisotopic (exact) mass is 490 g/mol. The van der Waals surface area contributed by atoms with E-state index in [1.807, 2.05) is 6.92 Å². The summed E-state index contributed by atoms with van der Waals surface area (Å²) < 4.78 is 39.5. The summed E-state index contributed by atoms with van der Waals surface area (Å²) in [6.07, 6.45) is 5.24. The van der Waals surface area contributed by atoms with E-state index in [9.17, 15) is 9.59 Å². The van der Waals surface area contributed by atoms with E-state index in [-0.39, 0.29) is 29.8 Å². The highest BCUT2D eigenvalue weighted by molar-refractivity contribution is 5.99. The fourth-order valence-corrected chi connectivity index (χ4v) is 4.01. The third kappa shape index (κ3) is 6.04. The van der Waals surface area contributed by atoms with Gasteiger partial charge in [-0.15, -0.1) is 0 Å². The Balaban J connectivity index is 2.16. The number of fused-ring (bicyclic) bond motifs is 2. The number of carbonyl (C=O) groups excluding carboxylic acids is 2. The Morgan fingerprint density at radius 2 is 1.77 bits per heavy atom. The third-order valence-corrected chi connectivity index (χ3v) is 5.92. The van der Waals surface area contributed by atoms with Crippen LogP contribution in [0.3, 0.4) is 0 Å². The van der Waals surface area contributed by atoms with Crippen molar-refractivity contribution in [1.29, 1.82) is 0 Å². The van der Waals surface area contributed by atoms with E-state index >= 15 is 0 Å². The van der Waals surface area contributed by atoms with Gasteiger partial charge in [-0.2, -0.15) is 0 Å². The summed E-state index contributed by atoms with van der Waals surface area (Å²) >= 11 is 0. The Labute approximate surface area is 205 Å². The van der Waals surface area contributed by atoms with Gasteiger partial charge in [-0.3, -0.25) is 4.79 Å². The molecule has 2 aliphatic heterocycles. The number of benzene rings is 1. The molecule has 1 aromatic rings. The van der Waals surface area contributed by atoms with Gasteiger partial charge in [0.05, 0.1) is 20.3 Å². The summed E-state index contributed by atoms with van der Waals surface area (Å²) in [5.41, 5.74) is 0.587. The molecule has 0 unspecified atom stereocenters. The quantitative estimate of drug-likeness (QED) is 0.449. The van der Waals surface area contributed by atoms with Crippen molar-refractivity contribution >= 4 is 17.8 Å². The summed E-state index contributed by atoms with van der Waals surface area (Å²) in [7, 11) is 4.46. The molecule has 0 N–H and O–H groups in total. The Morgan fingerprint density at radius 3 is 2.43 bits per heavy atom. The molecule has 9 heteroatoms. The van der Waals surface area contributed by atoms with Crippen LogP contribution in [0.25, 0.3) is 6.08 Å². The molecule has 1 fully saturated rings. The van der Waals surface area contributed by atoms with Crippen molar-refractivity contribution in [2.24, 2.45) is 5.92 Å². The second-order valence-electron chi connectivity index (χ2n) is 8.91. The fraction of sp³-hybridized carbons (Fsp3) is 0.538. The van der Waals surface area contributed by atoms with Gasteiger partial charge in [-0.1, -0.05) is 25.2 Å². The van der Waals surface area contributed by atoms with Crippen molar-refractivity contribution in [2.75, 3.05) is 28.1 Å². The van der Waals surface area contributed by atoms with E-state index in [1.165, 1.54) is 27.4 Å². The van der Waals surface area contributed by atoms with Crippen LogP contribution in [0.2, 0.25) is 0 Å². The first-order valence-electron chi connectivity index (χ1n) is 11.5. The number of methoxy groups -OCH3 is 3. The molecule has 3 rings (SSSR count). The first-order valence-corrected chi connectivity index (χ1v) is 11.5. The van der Waals surface area contributed by atoms with Gasteiger partial charge < -0.3 is 33.2 Å². The number of esters is 1. The van der Waals surface area contributed by atoms with Crippen LogP contribution in [0.5, 0.6) is 17.2 Å². The van der Waals surface area contributed by atoms with Crippen molar-refractivity contribution in [3.05, 3.63) is 35.4 Å². The summed E-state index contributed by atoms with van der Waals surface area (Å²) in [6, 6.07) is 1.56. The van der Waals surface area contributed by atoms with Crippen molar-refractivity contribution in [3.8, 4) is 17.2 Å². The Morgan fingerprint density at radius 1 is 1.03 bits per heavy atom. The normalized spacial score (nSPS) is 27.3. The van der Waals surface area contributed by atoms with E-state index < -0.39 is 30.1 Å². The maximum absolute atomic E-state index is 13.4. The number of ether oxygens (including phenoxy) is 7. The summed E-state index contributed by atoms with van der Waals surface area (Å²) in [5, 5.41) is 0. The standard InChI is InChI=1S/C26H34O9/c1-15-11-12-18(27)24-19(34-26(3,4)35-24)10-8-9-17-22(25(28)33-16(15)2)20(32-14-29-5)13-21(30-6)23(17)31-7/h8-9,11-13,15-16,19,24H,10,14H2,1-7H3/b9-8?,12-11-/t15-,16+,19+,24-/m1/s1. The number of cyclic esters (lactones) is 1. The predicted molar refractivity (Wildman–Crippen MR) is 128 cm³/mol. The van der Waals surface area contributed by atoms with Crippen LogP contribution in [0, 0.1) is 5.92 Å². The van der Waals surface area contributed by atoms with E-state index in [4.69, 9.17) is 33.2 Å². The average Bonchev–Trinajstić information content (AvgIpc) is 3.13. The van der Waals surface area contributed by atoms with Crippen LogP contribution in [0.15, 0.2) is 24.3 Å². The zero-order valence-corrected chi connectivity index (χ0v) is 21.3. The molecule has 0 saturated carbocycles. The third-order valence-electron chi connectivity index (χ3n) is 5.92. The van der Waals surface area contributed by atoms with Crippen LogP contribution >= 0.6 is 0 Å². The van der Waals surface area contributed by atoms with Gasteiger partial charge in [-0.25, -0.2) is 4.79 Å². The summed E-state index contributed by atoms with van der Waals surface area (Å²) in [4.78, 5) is 26.3. The molecule has 0 aromatic heterocycles. The lowest BCUT2D eigenvalue weighted by atomic mass is 9.99. The van der Waals surface area contributed by atoms with E-state index in [0.717, 1.165) is 0 Å². The highest BCUT2D eigenvalue weighted by atomic mass is 16.8. The largest absolute Gasteiger partial charge is 0.493 e. The van der Waals surface area contributed by atoms with Crippen LogP contribution in [-0.4, -0.2) is 64.0 Å². The van der Waals surface area contributed by atoms with Crippen LogP contribution in [0.1, 0.15) is 50.0 Å². The van der Waals surface area contributed by atoms with Crippen molar-refractivity contribution in [1.82, 2.24) is 0 Å². The number of hydrogen-bond acceptors (Lipinski definition) is 9. The minimum absolute atomic E-state index is 0.0836. The zero-order valence-electron chi connectivity index (χ0n) is 21.3. The van der Waals surface area contributed by atoms with Gasteiger partial charge in [0.2, 0.25) is 0 Å². The van der Waals surface area contributed by atoms with Crippen LogP contribution in [0.4, 0.5) is 0 Å². The molecule has 2 heterocycles. The van der Waals surface area contributed by atoms with Crippen LogP contribution in [-0.2, 0) is 23.7 Å². The van der Waals surface area contributed by atoms with Gasteiger partial charge in [0.1, 0.15) is 23.5 Å². The predicted octanol–water partition coefficient (Wildman–Crippen LogP) is 3.93. The maximum Gasteiger partial charge on any atom is 0.342 e. The second kappa shape index (κ2) is 11.2. The smallest absolute Gasteiger partial charge is 0.342 e. The minimum atomic E-state index is -0.904. The molecule has 0 bridgehead atoms. The highest BCUT2D eigenvalue weighted by Crippen LogP contribution is 2.41. The fourth-order valence-electron chi connectivity index (χ4n) is 4.01. The minimum Gasteiger partial charge on any atom is -0.493 e. The number of carbonyl (C=O) groups is 2. The molecule has 4 atom stereocenters. The van der Waals surface area contributed by atoms with Crippen LogP contribution < -0.4 is 14.2 Å². The molecule has 192 valence electrons. The molecule has 2 aliphatic rings. The number of hydrogen-bond donors (Lipinski definition) is 0. The molecule has 9 nitrogen and oxygen atoms in total. The molecule has 0 radical (unpaired) electrons. The number of ketones is 1. The Hall–Kier alpha value is -2.88. The number of rotatable bonds is 5. The first kappa shape index (κ1) is 26.7. The van der Waals surface area contributed by atoms with E-state index in [0.29, 0.717) is 23.5 Å². The van der Waals surface area contributed by atoms with Gasteiger partial charge >= 0.3 is 5.97 Å². The maximum atomic E-state index is 13.4. The molecular formula is C26H34O9. The van der Waals surface area contributed by atoms with Gasteiger partial charge in [-0.05, 0) is 33.3 Å². The molecule has 0 aliphatic carbocycles. The Kier molecular flexibility index (Phi) is 8.58. The molecule has 1 aromatic carbocycles. The van der Waals surface area contributed by atoms with E-state index in [1.54, 1.807) is 45.1 Å². The first-order chi connectivity index (χ1) is 16.6. The molecule has 0 amide bonds. The van der Waals surface area contributed by atoms with Gasteiger partial charge in [0.25, 0.3) is 0 Å². The van der Waals surface area contributed by atoms with Gasteiger partial charge in [0, 0.05) is 24.7 Å². The lowest BCUT2D eigenvalue weighted by Gasteiger charge is -2.22. The molecule has 35 heavy (non-hydrogen) atoms. The van der Waals surface area contributed by atoms with E-state index in [2.05, 4.69) is 0 Å². The van der Waals surface area contributed by atoms with Crippen molar-refractivity contribution in [2.45, 2.75) is 58.2 Å². The SMILES string of the molecule is COCOc1cc(OC)c(OC)c2c1C(=O)O[C@@H](C)[C@H](C)/C=C\C(=O)[C@H]1OC(C)(C)O[C@H]1CC=C2. The summed E-state index contributed by atoms with van der Waals surface area (Å²) in [5.74, 6) is -1.02. The van der Waals surface area contributed by atoms with Crippen molar-refractivity contribution < 1.29 is 42.7 Å². The topological polar surface area (TPSA) is 98.8 Å². The van der Waals surface area contributed by atoms with Crippen molar-refractivity contribution in [3.63, 3.8) is 0 Å². The zero-order chi connectivity index (χ0) is 25.8. The highest BCUT2D eigenvalue weighted by Gasteiger charge is 2.43. The van der Waals surface area contributed by atoms with Gasteiger partial charge in [0.15, 0.2) is 29.9 Å². The molecular weight excluding hydrogens is 456 g/mol. The summed E-state index contributed by atoms with van der Waals surface area (Å²) in [6.45, 7) is 7.08.